The van der Waals surface area contributed by atoms with Crippen LogP contribution in [-0.4, -0.2) is 80.5 Å². The minimum absolute atomic E-state index is 0.0559. The maximum Gasteiger partial charge on any atom is 0.309 e. The Kier molecular flexibility index (Phi) is 10.1. The van der Waals surface area contributed by atoms with Crippen molar-refractivity contribution < 1.29 is 29.6 Å². The Morgan fingerprint density at radius 3 is 2.57 bits per heavy atom. The van der Waals surface area contributed by atoms with Gasteiger partial charge in [-0.25, -0.2) is 4.98 Å². The van der Waals surface area contributed by atoms with Crippen molar-refractivity contribution in [3.63, 3.8) is 0 Å². The average molecular weight is 537 g/mol. The van der Waals surface area contributed by atoms with Crippen LogP contribution in [0.1, 0.15) is 77.4 Å². The number of fused-ring (bicyclic) bond motifs is 1. The fourth-order valence-corrected chi connectivity index (χ4v) is 6.22. The van der Waals surface area contributed by atoms with Crippen LogP contribution in [0.4, 0.5) is 0 Å². The van der Waals surface area contributed by atoms with Crippen molar-refractivity contribution in [3.05, 3.63) is 21.7 Å². The third kappa shape index (κ3) is 7.26. The van der Waals surface area contributed by atoms with Gasteiger partial charge in [0.05, 0.1) is 41.4 Å². The number of carbonyl (C=O) groups excluding carboxylic acids is 2. The molecule has 208 valence electrons. The first-order valence-corrected chi connectivity index (χ1v) is 14.3. The summed E-state index contributed by atoms with van der Waals surface area (Å²) in [6, 6.07) is 0.434. The maximum atomic E-state index is 13.3. The van der Waals surface area contributed by atoms with E-state index >= 15 is 0 Å². The van der Waals surface area contributed by atoms with Gasteiger partial charge in [0.1, 0.15) is 11.9 Å². The maximum absolute atomic E-state index is 13.3. The van der Waals surface area contributed by atoms with E-state index in [9.17, 15) is 24.9 Å². The third-order valence-electron chi connectivity index (χ3n) is 8.31. The number of aromatic nitrogens is 1. The Balaban J connectivity index is 1.88. The molecule has 9 heteroatoms. The highest BCUT2D eigenvalue weighted by atomic mass is 32.1. The molecule has 3 rings (SSSR count). The molecule has 3 N–H and O–H groups in total. The summed E-state index contributed by atoms with van der Waals surface area (Å²) in [4.78, 5) is 33.1. The molecular weight excluding hydrogens is 492 g/mol. The van der Waals surface area contributed by atoms with E-state index in [-0.39, 0.29) is 36.8 Å². The zero-order chi connectivity index (χ0) is 27.5. The molecule has 1 aromatic heterocycles. The molecule has 0 aliphatic carbocycles. The molecule has 0 amide bonds. The second kappa shape index (κ2) is 12.5. The summed E-state index contributed by atoms with van der Waals surface area (Å²) in [5.41, 5.74) is 0.467. The standard InChI is InChI=1S/C28H44N2O6S/c1-16-8-7-9-21-22(30(21)10-11-31)13-23(17(2)12-20-15-37-19(4)29-20)36-25(33)14-24(32)28(5,6)27(35)18(3)26(16)34/h12,15-16,18,21-24,26,31-32,34H,7-11,13-14H2,1-6H3/b17-12+/t16?,18-,21-,22+,23+,24+,26+,30?/m1/s1. The van der Waals surface area contributed by atoms with Crippen molar-refractivity contribution >= 4 is 29.2 Å². The van der Waals surface area contributed by atoms with Crippen LogP contribution in [0.15, 0.2) is 11.0 Å². The molecule has 3 heterocycles. The van der Waals surface area contributed by atoms with Crippen LogP contribution in [-0.2, 0) is 14.3 Å². The normalized spacial score (nSPS) is 36.1. The number of rotatable bonds is 4. The largest absolute Gasteiger partial charge is 0.458 e. The van der Waals surface area contributed by atoms with Crippen molar-refractivity contribution in [2.45, 2.75) is 104 Å². The monoisotopic (exact) mass is 536 g/mol. The van der Waals surface area contributed by atoms with Gasteiger partial charge >= 0.3 is 5.97 Å². The third-order valence-corrected chi connectivity index (χ3v) is 9.10. The van der Waals surface area contributed by atoms with E-state index in [4.69, 9.17) is 4.74 Å². The number of esters is 1. The molecule has 2 saturated heterocycles. The van der Waals surface area contributed by atoms with Crippen molar-refractivity contribution in [2.75, 3.05) is 13.2 Å². The summed E-state index contributed by atoms with van der Waals surface area (Å²) >= 11 is 1.55. The highest BCUT2D eigenvalue weighted by molar-refractivity contribution is 7.09. The van der Waals surface area contributed by atoms with Gasteiger partial charge in [0.25, 0.3) is 0 Å². The number of ketones is 1. The van der Waals surface area contributed by atoms with E-state index in [1.165, 1.54) is 0 Å². The first-order chi connectivity index (χ1) is 17.4. The van der Waals surface area contributed by atoms with Crippen LogP contribution >= 0.6 is 11.3 Å². The minimum Gasteiger partial charge on any atom is -0.458 e. The second-order valence-corrected chi connectivity index (χ2v) is 12.5. The van der Waals surface area contributed by atoms with Crippen LogP contribution in [0, 0.1) is 24.2 Å². The van der Waals surface area contributed by atoms with Gasteiger partial charge in [0, 0.05) is 36.3 Å². The first kappa shape index (κ1) is 29.9. The SMILES string of the molecule is C/C(=C\c1csc(C)n1)[C@@H]1C[C@H]2[C@@H](CCCC(C)[C@H](O)[C@@H](C)C(=O)C(C)(C)[C@@H](O)CC(=O)O1)N2CCO. The Morgan fingerprint density at radius 1 is 1.24 bits per heavy atom. The lowest BCUT2D eigenvalue weighted by atomic mass is 9.73. The van der Waals surface area contributed by atoms with Crippen molar-refractivity contribution in [3.8, 4) is 0 Å². The van der Waals surface area contributed by atoms with Crippen LogP contribution in [0.25, 0.3) is 6.08 Å². The van der Waals surface area contributed by atoms with E-state index in [1.807, 2.05) is 32.2 Å². The van der Waals surface area contributed by atoms with Gasteiger partial charge in [-0.2, -0.15) is 0 Å². The number of nitrogens with zero attached hydrogens (tertiary/aromatic N) is 2. The molecule has 2 aliphatic rings. The predicted molar refractivity (Wildman–Crippen MR) is 144 cm³/mol. The van der Waals surface area contributed by atoms with Crippen LogP contribution in [0.2, 0.25) is 0 Å². The number of aryl methyl sites for hydroxylation is 1. The van der Waals surface area contributed by atoms with E-state index in [0.29, 0.717) is 13.0 Å². The van der Waals surface area contributed by atoms with Gasteiger partial charge < -0.3 is 20.1 Å². The van der Waals surface area contributed by atoms with Crippen molar-refractivity contribution in [1.29, 1.82) is 0 Å². The Morgan fingerprint density at radius 2 is 1.95 bits per heavy atom. The minimum atomic E-state index is -1.24. The number of β-amino-alcohol motifs (C(OH)–C–C–N with tert-alkyl or cyclic N) is 1. The zero-order valence-corrected chi connectivity index (χ0v) is 23.8. The van der Waals surface area contributed by atoms with Crippen LogP contribution in [0.3, 0.4) is 0 Å². The Hall–Kier alpha value is -1.65. The lowest BCUT2D eigenvalue weighted by molar-refractivity contribution is -0.154. The second-order valence-electron chi connectivity index (χ2n) is 11.5. The topological polar surface area (TPSA) is 120 Å². The lowest BCUT2D eigenvalue weighted by Crippen LogP contribution is -2.45. The fraction of sp³-hybridized carbons (Fsp3) is 0.750. The number of hydrogen-bond donors (Lipinski definition) is 3. The van der Waals surface area contributed by atoms with Crippen LogP contribution < -0.4 is 0 Å². The number of aliphatic hydroxyl groups is 3. The quantitative estimate of drug-likeness (QED) is 0.396. The number of thiazole rings is 1. The molecular formula is C28H44N2O6S. The van der Waals surface area contributed by atoms with Crippen LogP contribution in [0.5, 0.6) is 0 Å². The average Bonchev–Trinajstić information content (AvgIpc) is 3.29. The molecule has 0 bridgehead atoms. The molecule has 1 aromatic rings. The van der Waals surface area contributed by atoms with Gasteiger partial charge in [-0.3, -0.25) is 14.5 Å². The van der Waals surface area contributed by atoms with Crippen molar-refractivity contribution in [2.24, 2.45) is 17.3 Å². The molecule has 37 heavy (non-hydrogen) atoms. The molecule has 2 aliphatic heterocycles. The van der Waals surface area contributed by atoms with E-state index in [0.717, 1.165) is 35.5 Å². The van der Waals surface area contributed by atoms with Gasteiger partial charge in [-0.1, -0.05) is 34.1 Å². The van der Waals surface area contributed by atoms with Gasteiger partial charge in [-0.15, -0.1) is 11.3 Å². The molecule has 0 aromatic carbocycles. The smallest absolute Gasteiger partial charge is 0.309 e. The van der Waals surface area contributed by atoms with E-state index < -0.39 is 35.6 Å². The molecule has 8 atom stereocenters. The number of hydrogen-bond acceptors (Lipinski definition) is 9. The number of cyclic esters (lactones) is 1. The summed E-state index contributed by atoms with van der Waals surface area (Å²) in [5, 5.41) is 34.3. The van der Waals surface area contributed by atoms with E-state index in [1.54, 1.807) is 32.1 Å². The fourth-order valence-electron chi connectivity index (χ4n) is 5.65. The summed E-state index contributed by atoms with van der Waals surface area (Å²) in [5.74, 6) is -1.57. The molecule has 0 radical (unpaired) electrons. The molecule has 8 nitrogen and oxygen atoms in total. The molecule has 2 fully saturated rings. The summed E-state index contributed by atoms with van der Waals surface area (Å²) in [7, 11) is 0. The number of aliphatic hydroxyl groups excluding tert-OH is 3. The Bertz CT molecular complexity index is 976. The molecule has 2 unspecified atom stereocenters. The Labute approximate surface area is 224 Å². The summed E-state index contributed by atoms with van der Waals surface area (Å²) < 4.78 is 5.94. The first-order valence-electron chi connectivity index (χ1n) is 13.4. The summed E-state index contributed by atoms with van der Waals surface area (Å²) in [6.07, 6.45) is 2.19. The molecule has 0 spiro atoms. The predicted octanol–water partition coefficient (Wildman–Crippen LogP) is 3.37. The summed E-state index contributed by atoms with van der Waals surface area (Å²) in [6.45, 7) is 11.4. The lowest BCUT2D eigenvalue weighted by Gasteiger charge is -2.34. The highest BCUT2D eigenvalue weighted by Crippen LogP contribution is 2.39. The van der Waals surface area contributed by atoms with Gasteiger partial charge in [0.15, 0.2) is 0 Å². The van der Waals surface area contributed by atoms with Crippen molar-refractivity contribution in [1.82, 2.24) is 9.88 Å². The highest BCUT2D eigenvalue weighted by Gasteiger charge is 2.48. The van der Waals surface area contributed by atoms with Gasteiger partial charge in [0.2, 0.25) is 0 Å². The number of ether oxygens (including phenoxy) is 1. The van der Waals surface area contributed by atoms with Gasteiger partial charge in [-0.05, 0) is 44.3 Å². The molecule has 0 saturated carbocycles. The zero-order valence-electron chi connectivity index (χ0n) is 23.0. The number of Topliss-reactive ketones (excluding diaryl/α,β-unsaturated/α-hetero) is 1. The number of carbonyl (C=O) groups is 2. The van der Waals surface area contributed by atoms with E-state index in [2.05, 4.69) is 9.88 Å².